The van der Waals surface area contributed by atoms with E-state index in [9.17, 15) is 0 Å². The Hall–Kier alpha value is -3.95. The molecule has 0 aliphatic rings. The number of rotatable bonds is 1. The molecule has 0 N–H and O–H groups in total. The molecule has 0 atom stereocenters. The molecule has 0 bridgehead atoms. The normalized spacial score (nSPS) is 12.4. The van der Waals surface area contributed by atoms with Crippen molar-refractivity contribution in [2.24, 2.45) is 0 Å². The van der Waals surface area contributed by atoms with Crippen molar-refractivity contribution in [2.75, 3.05) is 0 Å². The van der Waals surface area contributed by atoms with Crippen molar-refractivity contribution in [3.63, 3.8) is 0 Å². The van der Waals surface area contributed by atoms with Crippen LogP contribution in [0.25, 0.3) is 69.5 Å². The van der Waals surface area contributed by atoms with Gasteiger partial charge in [-0.25, -0.2) is 0 Å². The molecule has 148 valence electrons. The number of fused-ring (bicyclic) bond motifs is 9. The van der Waals surface area contributed by atoms with E-state index in [-0.39, 0.29) is 0 Å². The molecule has 0 aliphatic heterocycles. The van der Waals surface area contributed by atoms with Crippen LogP contribution < -0.4 is 0 Å². The SMILES string of the molecule is c1ccc2c(c1)sc1c(-c3cccc4c3c3cccc5c6ccccc6n4c53)nccc12. The van der Waals surface area contributed by atoms with Gasteiger partial charge < -0.3 is 4.40 Å². The van der Waals surface area contributed by atoms with Crippen LogP contribution in [0.3, 0.4) is 0 Å². The molecule has 32 heavy (non-hydrogen) atoms. The van der Waals surface area contributed by atoms with Crippen molar-refractivity contribution in [1.82, 2.24) is 9.38 Å². The standard InChI is InChI=1S/C29H16N2S/c1-3-12-23-17(7-1)19-9-5-11-22-26-21(10-6-13-24(26)31(23)28(19)22)27-29-20(15-16-30-27)18-8-2-4-14-25(18)32-29/h1-16H. The Bertz CT molecular complexity index is 1990. The topological polar surface area (TPSA) is 17.3 Å². The van der Waals surface area contributed by atoms with Crippen LogP contribution in [0.2, 0.25) is 0 Å². The van der Waals surface area contributed by atoms with E-state index in [1.165, 1.54) is 63.8 Å². The van der Waals surface area contributed by atoms with Crippen LogP contribution >= 0.6 is 11.3 Å². The zero-order valence-electron chi connectivity index (χ0n) is 17.0. The summed E-state index contributed by atoms with van der Waals surface area (Å²) in [6.07, 6.45) is 1.96. The van der Waals surface area contributed by atoms with Crippen LogP contribution in [-0.2, 0) is 0 Å². The summed E-state index contributed by atoms with van der Waals surface area (Å²) in [5.41, 5.74) is 6.10. The highest BCUT2D eigenvalue weighted by atomic mass is 32.1. The maximum Gasteiger partial charge on any atom is 0.0887 e. The molecule has 0 saturated heterocycles. The molecule has 4 aromatic heterocycles. The molecule has 0 saturated carbocycles. The highest BCUT2D eigenvalue weighted by Gasteiger charge is 2.21. The molecule has 4 heterocycles. The first-order valence-corrected chi connectivity index (χ1v) is 11.6. The second kappa shape index (κ2) is 5.84. The first-order valence-electron chi connectivity index (χ1n) is 10.8. The van der Waals surface area contributed by atoms with E-state index in [4.69, 9.17) is 4.98 Å². The van der Waals surface area contributed by atoms with E-state index in [2.05, 4.69) is 95.4 Å². The summed E-state index contributed by atoms with van der Waals surface area (Å²) >= 11 is 1.84. The summed E-state index contributed by atoms with van der Waals surface area (Å²) in [4.78, 5) is 4.92. The number of aromatic nitrogens is 2. The summed E-state index contributed by atoms with van der Waals surface area (Å²) in [6, 6.07) is 32.9. The summed E-state index contributed by atoms with van der Waals surface area (Å²) in [5, 5.41) is 7.80. The Morgan fingerprint density at radius 2 is 1.34 bits per heavy atom. The third-order valence-electron chi connectivity index (χ3n) is 6.80. The highest BCUT2D eigenvalue weighted by Crippen LogP contribution is 2.45. The summed E-state index contributed by atoms with van der Waals surface area (Å²) in [5.74, 6) is 0. The van der Waals surface area contributed by atoms with Gasteiger partial charge in [0.2, 0.25) is 0 Å². The molecule has 8 rings (SSSR count). The van der Waals surface area contributed by atoms with Crippen molar-refractivity contribution in [3.8, 4) is 11.3 Å². The van der Waals surface area contributed by atoms with Crippen LogP contribution in [0.4, 0.5) is 0 Å². The number of thiophene rings is 1. The number of nitrogens with zero attached hydrogens (tertiary/aromatic N) is 2. The van der Waals surface area contributed by atoms with Crippen LogP contribution in [0, 0.1) is 0 Å². The molecule has 0 fully saturated rings. The van der Waals surface area contributed by atoms with Gasteiger partial charge in [0.05, 0.1) is 26.9 Å². The molecule has 0 amide bonds. The number of hydrogen-bond donors (Lipinski definition) is 0. The lowest BCUT2D eigenvalue weighted by molar-refractivity contribution is 1.36. The minimum atomic E-state index is 1.08. The van der Waals surface area contributed by atoms with Crippen molar-refractivity contribution < 1.29 is 0 Å². The largest absolute Gasteiger partial charge is 0.308 e. The predicted molar refractivity (Wildman–Crippen MR) is 137 cm³/mol. The van der Waals surface area contributed by atoms with Crippen LogP contribution in [0.1, 0.15) is 0 Å². The van der Waals surface area contributed by atoms with Gasteiger partial charge in [0.25, 0.3) is 0 Å². The van der Waals surface area contributed by atoms with Gasteiger partial charge in [-0.3, -0.25) is 4.98 Å². The monoisotopic (exact) mass is 424 g/mol. The van der Waals surface area contributed by atoms with E-state index >= 15 is 0 Å². The summed E-state index contributed by atoms with van der Waals surface area (Å²) < 4.78 is 5.00. The molecule has 0 radical (unpaired) electrons. The van der Waals surface area contributed by atoms with E-state index < -0.39 is 0 Å². The average Bonchev–Trinajstić information content (AvgIpc) is 3.50. The Balaban J connectivity index is 1.59. The summed E-state index contributed by atoms with van der Waals surface area (Å²) in [7, 11) is 0. The van der Waals surface area contributed by atoms with E-state index in [0.717, 1.165) is 5.69 Å². The number of para-hydroxylation sites is 2. The maximum absolute atomic E-state index is 4.92. The Morgan fingerprint density at radius 1 is 0.594 bits per heavy atom. The van der Waals surface area contributed by atoms with Gasteiger partial charge in [0.1, 0.15) is 0 Å². The third-order valence-corrected chi connectivity index (χ3v) is 7.99. The second-order valence-electron chi connectivity index (χ2n) is 8.39. The van der Waals surface area contributed by atoms with Gasteiger partial charge in [0, 0.05) is 48.8 Å². The van der Waals surface area contributed by atoms with Crippen LogP contribution in [-0.4, -0.2) is 9.38 Å². The average molecular weight is 425 g/mol. The summed E-state index contributed by atoms with van der Waals surface area (Å²) in [6.45, 7) is 0. The first kappa shape index (κ1) is 16.7. The fourth-order valence-electron chi connectivity index (χ4n) is 5.52. The molecule has 2 nitrogen and oxygen atoms in total. The van der Waals surface area contributed by atoms with Gasteiger partial charge in [-0.1, -0.05) is 66.7 Å². The van der Waals surface area contributed by atoms with Crippen molar-refractivity contribution in [2.45, 2.75) is 0 Å². The van der Waals surface area contributed by atoms with Gasteiger partial charge in [0.15, 0.2) is 0 Å². The maximum atomic E-state index is 4.92. The highest BCUT2D eigenvalue weighted by molar-refractivity contribution is 7.26. The number of hydrogen-bond acceptors (Lipinski definition) is 2. The lowest BCUT2D eigenvalue weighted by Gasteiger charge is -2.06. The fourth-order valence-corrected chi connectivity index (χ4v) is 6.72. The minimum absolute atomic E-state index is 1.08. The Kier molecular flexibility index (Phi) is 3.05. The van der Waals surface area contributed by atoms with E-state index in [1.807, 2.05) is 17.5 Å². The molecule has 8 aromatic rings. The zero-order valence-corrected chi connectivity index (χ0v) is 17.9. The van der Waals surface area contributed by atoms with Crippen LogP contribution in [0.5, 0.6) is 0 Å². The van der Waals surface area contributed by atoms with Crippen molar-refractivity contribution in [3.05, 3.63) is 97.2 Å². The van der Waals surface area contributed by atoms with Gasteiger partial charge in [-0.15, -0.1) is 11.3 Å². The molecule has 0 spiro atoms. The van der Waals surface area contributed by atoms with Gasteiger partial charge >= 0.3 is 0 Å². The fraction of sp³-hybridized carbons (Fsp3) is 0. The van der Waals surface area contributed by atoms with Crippen LogP contribution in [0.15, 0.2) is 97.2 Å². The molecular formula is C29H16N2S. The van der Waals surface area contributed by atoms with Gasteiger partial charge in [-0.05, 0) is 24.3 Å². The van der Waals surface area contributed by atoms with E-state index in [0.29, 0.717) is 0 Å². The minimum Gasteiger partial charge on any atom is -0.308 e. The van der Waals surface area contributed by atoms with Crippen molar-refractivity contribution in [1.29, 1.82) is 0 Å². The predicted octanol–water partition coefficient (Wildman–Crippen LogP) is 8.27. The molecule has 0 unspecified atom stereocenters. The Labute approximate surface area is 187 Å². The smallest absolute Gasteiger partial charge is 0.0887 e. The lowest BCUT2D eigenvalue weighted by atomic mass is 10.0. The molecule has 0 aliphatic carbocycles. The first-order chi connectivity index (χ1) is 15.9. The second-order valence-corrected chi connectivity index (χ2v) is 9.44. The zero-order chi connectivity index (χ0) is 20.8. The Morgan fingerprint density at radius 3 is 2.31 bits per heavy atom. The number of benzene rings is 4. The third kappa shape index (κ3) is 1.93. The van der Waals surface area contributed by atoms with E-state index in [1.54, 1.807) is 0 Å². The van der Waals surface area contributed by atoms with Gasteiger partial charge in [-0.2, -0.15) is 0 Å². The molecule has 4 aromatic carbocycles. The number of pyridine rings is 1. The lowest BCUT2D eigenvalue weighted by Crippen LogP contribution is -1.86. The quantitative estimate of drug-likeness (QED) is 0.259. The molecular weight excluding hydrogens is 408 g/mol. The van der Waals surface area contributed by atoms with Crippen molar-refractivity contribution >= 4 is 69.6 Å². The molecule has 3 heteroatoms.